The minimum absolute atomic E-state index is 0.0999. The first-order chi connectivity index (χ1) is 16.5. The zero-order valence-corrected chi connectivity index (χ0v) is 19.4. The molecular weight excluding hydrogens is 457 g/mol. The lowest BCUT2D eigenvalue weighted by Gasteiger charge is -2.36. The highest BCUT2D eigenvalue weighted by Crippen LogP contribution is 2.28. The molecule has 2 aliphatic rings. The van der Waals surface area contributed by atoms with Crippen molar-refractivity contribution in [2.75, 3.05) is 37.6 Å². The van der Waals surface area contributed by atoms with Crippen molar-refractivity contribution in [1.82, 2.24) is 20.0 Å². The number of hydrogen-bond donors (Lipinski definition) is 1. The standard InChI is InChI=1S/C25H25ClFN5O2/c26-17-5-3-6-18(15-17)30-11-13-31(14-12-30)23(33)16-28-25(34)24-19-7-4-10-21(19)32(29-24)22-9-2-1-8-20(22)27/h1-3,5-6,8-9,15H,4,7,10-14,16H2,(H,28,34). The Morgan fingerprint density at radius 2 is 1.82 bits per heavy atom. The van der Waals surface area contributed by atoms with Gasteiger partial charge >= 0.3 is 0 Å². The number of aromatic nitrogens is 2. The van der Waals surface area contributed by atoms with Crippen LogP contribution in [0.25, 0.3) is 5.69 Å². The molecule has 1 aliphatic carbocycles. The van der Waals surface area contributed by atoms with E-state index in [-0.39, 0.29) is 18.1 Å². The molecule has 0 saturated carbocycles. The van der Waals surface area contributed by atoms with E-state index in [1.54, 1.807) is 23.1 Å². The van der Waals surface area contributed by atoms with Gasteiger partial charge in [0.15, 0.2) is 5.69 Å². The van der Waals surface area contributed by atoms with Gasteiger partial charge in [-0.25, -0.2) is 9.07 Å². The van der Waals surface area contributed by atoms with Crippen molar-refractivity contribution in [2.24, 2.45) is 0 Å². The largest absolute Gasteiger partial charge is 0.368 e. The Bertz CT molecular complexity index is 1240. The van der Waals surface area contributed by atoms with Crippen LogP contribution in [0.4, 0.5) is 10.1 Å². The van der Waals surface area contributed by atoms with Crippen molar-refractivity contribution in [3.63, 3.8) is 0 Å². The Kier molecular flexibility index (Phi) is 6.24. The normalized spacial score (nSPS) is 15.4. The first-order valence-electron chi connectivity index (χ1n) is 11.4. The van der Waals surface area contributed by atoms with Crippen LogP contribution in [0.1, 0.15) is 28.2 Å². The average molecular weight is 482 g/mol. The fourth-order valence-corrected chi connectivity index (χ4v) is 4.87. The number of nitrogens with zero attached hydrogens (tertiary/aromatic N) is 4. The molecule has 1 aliphatic heterocycles. The third kappa shape index (κ3) is 4.37. The molecule has 7 nitrogen and oxygen atoms in total. The topological polar surface area (TPSA) is 70.5 Å². The van der Waals surface area contributed by atoms with Crippen molar-refractivity contribution >= 4 is 29.1 Å². The molecule has 2 amide bonds. The van der Waals surface area contributed by atoms with E-state index in [0.717, 1.165) is 29.8 Å². The number of nitrogens with one attached hydrogen (secondary N) is 1. The first-order valence-corrected chi connectivity index (χ1v) is 11.8. The number of fused-ring (bicyclic) bond motifs is 1. The summed E-state index contributed by atoms with van der Waals surface area (Å²) in [4.78, 5) is 29.6. The summed E-state index contributed by atoms with van der Waals surface area (Å²) in [6.07, 6.45) is 2.34. The number of carbonyl (C=O) groups excluding carboxylic acids is 2. The summed E-state index contributed by atoms with van der Waals surface area (Å²) in [6.45, 7) is 2.43. The highest BCUT2D eigenvalue weighted by atomic mass is 35.5. The van der Waals surface area contributed by atoms with E-state index in [0.29, 0.717) is 43.3 Å². The summed E-state index contributed by atoms with van der Waals surface area (Å²) in [5, 5.41) is 7.83. The van der Waals surface area contributed by atoms with Crippen LogP contribution in [0.2, 0.25) is 5.02 Å². The zero-order chi connectivity index (χ0) is 23.7. The van der Waals surface area contributed by atoms with Crippen molar-refractivity contribution in [3.8, 4) is 5.69 Å². The SMILES string of the molecule is O=C(NCC(=O)N1CCN(c2cccc(Cl)c2)CC1)c1nn(-c2ccccc2F)c2c1CCC2. The average Bonchev–Trinajstić information content (AvgIpc) is 3.46. The molecule has 0 radical (unpaired) electrons. The van der Waals surface area contributed by atoms with Crippen LogP contribution < -0.4 is 10.2 Å². The molecule has 1 fully saturated rings. The predicted octanol–water partition coefficient (Wildman–Crippen LogP) is 3.23. The molecule has 34 heavy (non-hydrogen) atoms. The van der Waals surface area contributed by atoms with Crippen LogP contribution in [-0.2, 0) is 17.6 Å². The van der Waals surface area contributed by atoms with Gasteiger partial charge < -0.3 is 15.1 Å². The van der Waals surface area contributed by atoms with E-state index in [9.17, 15) is 14.0 Å². The molecule has 0 unspecified atom stereocenters. The molecule has 2 aromatic carbocycles. The van der Waals surface area contributed by atoms with Gasteiger partial charge in [-0.2, -0.15) is 5.10 Å². The molecule has 2 heterocycles. The van der Waals surface area contributed by atoms with Gasteiger partial charge in [0.05, 0.1) is 6.54 Å². The molecule has 0 atom stereocenters. The number of para-hydroxylation sites is 1. The summed E-state index contributed by atoms with van der Waals surface area (Å²) in [7, 11) is 0. The van der Waals surface area contributed by atoms with E-state index in [1.165, 1.54) is 10.7 Å². The van der Waals surface area contributed by atoms with Gasteiger partial charge in [-0.3, -0.25) is 9.59 Å². The van der Waals surface area contributed by atoms with Crippen LogP contribution >= 0.6 is 11.6 Å². The molecule has 1 N–H and O–H groups in total. The van der Waals surface area contributed by atoms with Crippen LogP contribution in [0.3, 0.4) is 0 Å². The number of anilines is 1. The number of rotatable bonds is 5. The molecule has 0 spiro atoms. The van der Waals surface area contributed by atoms with Crippen molar-refractivity contribution in [3.05, 3.63) is 76.3 Å². The Morgan fingerprint density at radius 3 is 2.59 bits per heavy atom. The zero-order valence-electron chi connectivity index (χ0n) is 18.6. The number of benzene rings is 2. The maximum atomic E-state index is 14.3. The highest BCUT2D eigenvalue weighted by Gasteiger charge is 2.28. The van der Waals surface area contributed by atoms with Gasteiger partial charge in [0, 0.05) is 48.1 Å². The van der Waals surface area contributed by atoms with Crippen LogP contribution in [0, 0.1) is 5.82 Å². The number of carbonyl (C=O) groups is 2. The van der Waals surface area contributed by atoms with Gasteiger partial charge in [-0.15, -0.1) is 0 Å². The number of amides is 2. The Balaban J connectivity index is 1.21. The van der Waals surface area contributed by atoms with E-state index in [2.05, 4.69) is 15.3 Å². The maximum absolute atomic E-state index is 14.3. The molecule has 176 valence electrons. The summed E-state index contributed by atoms with van der Waals surface area (Å²) in [5.74, 6) is -0.929. The van der Waals surface area contributed by atoms with Gasteiger partial charge in [0.2, 0.25) is 5.91 Å². The van der Waals surface area contributed by atoms with Crippen molar-refractivity contribution < 1.29 is 14.0 Å². The van der Waals surface area contributed by atoms with E-state index < -0.39 is 11.7 Å². The predicted molar refractivity (Wildman–Crippen MR) is 128 cm³/mol. The van der Waals surface area contributed by atoms with E-state index in [1.807, 2.05) is 24.3 Å². The Hall–Kier alpha value is -3.39. The minimum Gasteiger partial charge on any atom is -0.368 e. The van der Waals surface area contributed by atoms with Crippen LogP contribution in [0.15, 0.2) is 48.5 Å². The molecule has 0 bridgehead atoms. The molecule has 9 heteroatoms. The van der Waals surface area contributed by atoms with Crippen LogP contribution in [-0.4, -0.2) is 59.2 Å². The fourth-order valence-electron chi connectivity index (χ4n) is 4.68. The minimum atomic E-state index is -0.404. The fraction of sp³-hybridized carbons (Fsp3) is 0.320. The summed E-state index contributed by atoms with van der Waals surface area (Å²) >= 11 is 6.09. The second kappa shape index (κ2) is 9.46. The van der Waals surface area contributed by atoms with Gasteiger partial charge in [0.25, 0.3) is 5.91 Å². The molecule has 1 saturated heterocycles. The second-order valence-electron chi connectivity index (χ2n) is 8.52. The summed E-state index contributed by atoms with van der Waals surface area (Å²) in [6, 6.07) is 14.1. The molecule has 5 rings (SSSR count). The lowest BCUT2D eigenvalue weighted by Crippen LogP contribution is -2.51. The van der Waals surface area contributed by atoms with Crippen molar-refractivity contribution in [1.29, 1.82) is 0 Å². The van der Waals surface area contributed by atoms with Gasteiger partial charge in [-0.05, 0) is 49.6 Å². The molecule has 3 aromatic rings. The second-order valence-corrected chi connectivity index (χ2v) is 8.96. The third-order valence-electron chi connectivity index (χ3n) is 6.43. The third-order valence-corrected chi connectivity index (χ3v) is 6.67. The Labute approximate surface area is 202 Å². The van der Waals surface area contributed by atoms with Gasteiger partial charge in [-0.1, -0.05) is 29.8 Å². The van der Waals surface area contributed by atoms with E-state index in [4.69, 9.17) is 11.6 Å². The number of halogens is 2. The van der Waals surface area contributed by atoms with E-state index >= 15 is 0 Å². The highest BCUT2D eigenvalue weighted by molar-refractivity contribution is 6.30. The summed E-state index contributed by atoms with van der Waals surface area (Å²) < 4.78 is 15.9. The lowest BCUT2D eigenvalue weighted by atomic mass is 10.2. The van der Waals surface area contributed by atoms with Crippen LogP contribution in [0.5, 0.6) is 0 Å². The monoisotopic (exact) mass is 481 g/mol. The first kappa shape index (κ1) is 22.4. The maximum Gasteiger partial charge on any atom is 0.272 e. The smallest absolute Gasteiger partial charge is 0.272 e. The summed E-state index contributed by atoms with van der Waals surface area (Å²) in [5.41, 5.74) is 3.33. The van der Waals surface area contributed by atoms with Crippen molar-refractivity contribution in [2.45, 2.75) is 19.3 Å². The number of piperazine rings is 1. The quantitative estimate of drug-likeness (QED) is 0.607. The Morgan fingerprint density at radius 1 is 1.03 bits per heavy atom. The molecular formula is C25H25ClFN5O2. The number of hydrogen-bond acceptors (Lipinski definition) is 4. The van der Waals surface area contributed by atoms with Gasteiger partial charge in [0.1, 0.15) is 11.5 Å². The molecule has 1 aromatic heterocycles. The lowest BCUT2D eigenvalue weighted by molar-refractivity contribution is -0.130.